The Hall–Kier alpha value is -0.490. The van der Waals surface area contributed by atoms with Crippen LogP contribution in [-0.4, -0.2) is 0 Å². The summed E-state index contributed by atoms with van der Waals surface area (Å²) in [5.41, 5.74) is 1.21. The van der Waals surface area contributed by atoms with E-state index in [2.05, 4.69) is 55.2 Å². The molecule has 0 bridgehead atoms. The van der Waals surface area contributed by atoms with Gasteiger partial charge in [-0.3, -0.25) is 0 Å². The molecule has 0 saturated carbocycles. The fraction of sp³-hybridized carbons (Fsp3) is 0.385. The SMILES string of the molecule is [2H]c1cccc(CC#CC(C)(C)C)c1I. The van der Waals surface area contributed by atoms with Crippen molar-refractivity contribution >= 4 is 22.6 Å². The molecule has 1 heteroatoms. The van der Waals surface area contributed by atoms with Crippen LogP contribution >= 0.6 is 22.6 Å². The fourth-order valence-electron chi connectivity index (χ4n) is 0.993. The highest BCUT2D eigenvalue weighted by Crippen LogP contribution is 2.13. The van der Waals surface area contributed by atoms with Crippen LogP contribution in [0.25, 0.3) is 0 Å². The predicted molar refractivity (Wildman–Crippen MR) is 70.1 cm³/mol. The van der Waals surface area contributed by atoms with Crippen LogP contribution in [0.15, 0.2) is 24.2 Å². The van der Waals surface area contributed by atoms with Crippen molar-refractivity contribution < 1.29 is 1.37 Å². The van der Waals surface area contributed by atoms with Crippen molar-refractivity contribution in [1.82, 2.24) is 0 Å². The van der Waals surface area contributed by atoms with Gasteiger partial charge in [-0.05, 0) is 55.0 Å². The second-order valence-corrected chi connectivity index (χ2v) is 5.32. The van der Waals surface area contributed by atoms with Crippen LogP contribution in [0.3, 0.4) is 0 Å². The number of hydrogen-bond acceptors (Lipinski definition) is 0. The van der Waals surface area contributed by atoms with Gasteiger partial charge in [-0.25, -0.2) is 0 Å². The van der Waals surface area contributed by atoms with E-state index >= 15 is 0 Å². The number of hydrogen-bond donors (Lipinski definition) is 0. The van der Waals surface area contributed by atoms with Crippen LogP contribution in [0.4, 0.5) is 0 Å². The van der Waals surface area contributed by atoms with Gasteiger partial charge in [0.25, 0.3) is 0 Å². The normalized spacial score (nSPS) is 11.6. The van der Waals surface area contributed by atoms with Crippen molar-refractivity contribution in [2.75, 3.05) is 0 Å². The smallest absolute Gasteiger partial charge is 0.0634 e. The Balaban J connectivity index is 2.81. The van der Waals surface area contributed by atoms with Crippen LogP contribution in [0, 0.1) is 20.8 Å². The summed E-state index contributed by atoms with van der Waals surface area (Å²) >= 11 is 2.21. The monoisotopic (exact) mass is 299 g/mol. The van der Waals surface area contributed by atoms with Gasteiger partial charge in [0.2, 0.25) is 0 Å². The van der Waals surface area contributed by atoms with E-state index in [0.29, 0.717) is 6.04 Å². The number of halogens is 1. The molecule has 0 fully saturated rings. The Bertz CT molecular complexity index is 405. The minimum atomic E-state index is 0.0595. The molecule has 0 saturated heterocycles. The van der Waals surface area contributed by atoms with Crippen molar-refractivity contribution in [3.8, 4) is 11.8 Å². The molecule has 0 nitrogen and oxygen atoms in total. The summed E-state index contributed by atoms with van der Waals surface area (Å²) in [6.07, 6.45) is 0.738. The van der Waals surface area contributed by atoms with Gasteiger partial charge >= 0.3 is 0 Å². The lowest BCUT2D eigenvalue weighted by atomic mass is 9.97. The number of benzene rings is 1. The highest BCUT2D eigenvalue weighted by molar-refractivity contribution is 14.1. The van der Waals surface area contributed by atoms with Gasteiger partial charge in [0.1, 0.15) is 0 Å². The first-order valence-electron chi connectivity index (χ1n) is 5.14. The third kappa shape index (κ3) is 4.15. The highest BCUT2D eigenvalue weighted by atomic mass is 127. The standard InChI is InChI=1S/C13H15I/c1-13(2,3)10-6-8-11-7-4-5-9-12(11)14/h4-5,7,9H,8H2,1-3H3/i9D. The van der Waals surface area contributed by atoms with Gasteiger partial charge in [0.05, 0.1) is 1.37 Å². The molecule has 0 aliphatic carbocycles. The molecule has 0 atom stereocenters. The van der Waals surface area contributed by atoms with Crippen molar-refractivity contribution in [2.45, 2.75) is 27.2 Å². The van der Waals surface area contributed by atoms with Crippen LogP contribution in [0.2, 0.25) is 0 Å². The summed E-state index contributed by atoms with van der Waals surface area (Å²) in [4.78, 5) is 0. The van der Waals surface area contributed by atoms with E-state index in [0.717, 1.165) is 15.6 Å². The third-order valence-corrected chi connectivity index (χ3v) is 2.63. The molecular weight excluding hydrogens is 283 g/mol. The average Bonchev–Trinajstić information content (AvgIpc) is 2.10. The molecular formula is C13H15I. The Labute approximate surface area is 102 Å². The molecule has 0 spiro atoms. The molecule has 0 unspecified atom stereocenters. The van der Waals surface area contributed by atoms with E-state index in [1.54, 1.807) is 0 Å². The Morgan fingerprint density at radius 3 is 2.79 bits per heavy atom. The second kappa shape index (κ2) is 4.84. The van der Waals surface area contributed by atoms with Crippen LogP contribution in [-0.2, 0) is 6.42 Å². The molecule has 0 heterocycles. The molecule has 1 aromatic rings. The molecule has 74 valence electrons. The Morgan fingerprint density at radius 1 is 1.43 bits per heavy atom. The van der Waals surface area contributed by atoms with Crippen LogP contribution in [0.5, 0.6) is 0 Å². The largest absolute Gasteiger partial charge is 0.0979 e. The topological polar surface area (TPSA) is 0 Å². The maximum Gasteiger partial charge on any atom is 0.0634 e. The van der Waals surface area contributed by atoms with Gasteiger partial charge < -0.3 is 0 Å². The fourth-order valence-corrected chi connectivity index (χ4v) is 1.54. The first-order chi connectivity index (χ1) is 6.90. The van der Waals surface area contributed by atoms with E-state index in [1.165, 1.54) is 0 Å². The predicted octanol–water partition coefficient (Wildman–Crippen LogP) is 3.88. The van der Waals surface area contributed by atoms with Crippen molar-refractivity contribution in [3.05, 3.63) is 33.4 Å². The van der Waals surface area contributed by atoms with Gasteiger partial charge in [-0.2, -0.15) is 0 Å². The Morgan fingerprint density at radius 2 is 2.14 bits per heavy atom. The summed E-state index contributed by atoms with van der Waals surface area (Å²) in [5, 5.41) is 0. The zero-order chi connectivity index (χ0) is 11.5. The first kappa shape index (κ1) is 10.0. The summed E-state index contributed by atoms with van der Waals surface area (Å²) in [6, 6.07) is 6.35. The quantitative estimate of drug-likeness (QED) is 0.545. The van der Waals surface area contributed by atoms with Gasteiger partial charge in [0.15, 0.2) is 0 Å². The van der Waals surface area contributed by atoms with E-state index in [1.807, 2.05) is 18.2 Å². The minimum Gasteiger partial charge on any atom is -0.0979 e. The molecule has 0 radical (unpaired) electrons. The molecule has 0 aromatic heterocycles. The number of rotatable bonds is 1. The second-order valence-electron chi connectivity index (χ2n) is 4.24. The summed E-state index contributed by atoms with van der Waals surface area (Å²) in [7, 11) is 0. The van der Waals surface area contributed by atoms with Crippen LogP contribution < -0.4 is 0 Å². The van der Waals surface area contributed by atoms with Gasteiger partial charge in [0, 0.05) is 15.4 Å². The molecule has 0 aliphatic heterocycles. The maximum atomic E-state index is 7.66. The molecule has 0 aliphatic rings. The van der Waals surface area contributed by atoms with Gasteiger partial charge in [-0.1, -0.05) is 30.0 Å². The average molecular weight is 299 g/mol. The lowest BCUT2D eigenvalue weighted by Gasteiger charge is -2.07. The third-order valence-electron chi connectivity index (χ3n) is 1.63. The molecule has 0 N–H and O–H groups in total. The van der Waals surface area contributed by atoms with Crippen molar-refractivity contribution in [1.29, 1.82) is 0 Å². The minimum absolute atomic E-state index is 0.0595. The highest BCUT2D eigenvalue weighted by Gasteiger charge is 2.03. The van der Waals surface area contributed by atoms with Crippen LogP contribution in [0.1, 0.15) is 27.7 Å². The molecule has 14 heavy (non-hydrogen) atoms. The summed E-state index contributed by atoms with van der Waals surface area (Å²) in [6.45, 7) is 6.31. The first-order valence-corrected chi connectivity index (χ1v) is 5.72. The lowest BCUT2D eigenvalue weighted by molar-refractivity contribution is 0.570. The molecule has 1 rings (SSSR count). The van der Waals surface area contributed by atoms with Crippen molar-refractivity contribution in [3.63, 3.8) is 0 Å². The Kier molecular flexibility index (Phi) is 3.47. The molecule has 0 amide bonds. The summed E-state index contributed by atoms with van der Waals surface area (Å²) < 4.78 is 8.68. The molecule has 1 aromatic carbocycles. The van der Waals surface area contributed by atoms with E-state index < -0.39 is 0 Å². The van der Waals surface area contributed by atoms with Crippen molar-refractivity contribution in [2.24, 2.45) is 5.41 Å². The zero-order valence-electron chi connectivity index (χ0n) is 9.82. The van der Waals surface area contributed by atoms with E-state index in [4.69, 9.17) is 1.37 Å². The maximum absolute atomic E-state index is 7.66. The van der Waals surface area contributed by atoms with E-state index in [-0.39, 0.29) is 5.41 Å². The van der Waals surface area contributed by atoms with Gasteiger partial charge in [-0.15, -0.1) is 0 Å². The van der Waals surface area contributed by atoms with E-state index in [9.17, 15) is 0 Å². The lowest BCUT2D eigenvalue weighted by Crippen LogP contribution is -1.99. The zero-order valence-corrected chi connectivity index (χ0v) is 11.0. The summed E-state index contributed by atoms with van der Waals surface area (Å²) in [5.74, 6) is 6.37.